The minimum atomic E-state index is 0.0425. The molecule has 0 aromatic carbocycles. The number of hydrogen-bond acceptors (Lipinski definition) is 2. The van der Waals surface area contributed by atoms with Crippen LogP contribution in [0.1, 0.15) is 45.9 Å². The summed E-state index contributed by atoms with van der Waals surface area (Å²) in [4.78, 5) is 0. The monoisotopic (exact) mass is 243 g/mol. The fraction of sp³-hybridized carbons (Fsp3) is 0.750. The van der Waals surface area contributed by atoms with Crippen molar-refractivity contribution in [1.82, 2.24) is 15.1 Å². The predicted octanol–water partition coefficient (Wildman–Crippen LogP) is 3.00. The zero-order valence-corrected chi connectivity index (χ0v) is 11.6. The summed E-state index contributed by atoms with van der Waals surface area (Å²) in [6.07, 6.45) is 2.79. The quantitative estimate of drug-likeness (QED) is 0.862. The van der Waals surface area contributed by atoms with Crippen LogP contribution in [0.3, 0.4) is 0 Å². The number of rotatable bonds is 5. The SMILES string of the molecule is CNCCC(C)(C)c1c(Cl)cnn1C(C)C. The highest BCUT2D eigenvalue weighted by Crippen LogP contribution is 2.33. The molecule has 0 amide bonds. The second-order valence-electron chi connectivity index (χ2n) is 5.12. The molecule has 0 aliphatic carbocycles. The van der Waals surface area contributed by atoms with Gasteiger partial charge in [-0.25, -0.2) is 0 Å². The van der Waals surface area contributed by atoms with Gasteiger partial charge in [0.15, 0.2) is 0 Å². The smallest absolute Gasteiger partial charge is 0.0823 e. The van der Waals surface area contributed by atoms with Gasteiger partial charge in [0.05, 0.1) is 16.9 Å². The third-order valence-electron chi connectivity index (χ3n) is 2.88. The molecule has 0 saturated heterocycles. The van der Waals surface area contributed by atoms with Crippen molar-refractivity contribution in [1.29, 1.82) is 0 Å². The number of nitrogens with one attached hydrogen (secondary N) is 1. The molecule has 0 unspecified atom stereocenters. The first kappa shape index (κ1) is 13.5. The summed E-state index contributed by atoms with van der Waals surface area (Å²) in [6, 6.07) is 0.344. The van der Waals surface area contributed by atoms with Crippen LogP contribution < -0.4 is 5.32 Å². The van der Waals surface area contributed by atoms with Gasteiger partial charge in [-0.05, 0) is 33.9 Å². The van der Waals surface area contributed by atoms with Gasteiger partial charge < -0.3 is 5.32 Å². The van der Waals surface area contributed by atoms with Crippen LogP contribution in [0.5, 0.6) is 0 Å². The first-order valence-corrected chi connectivity index (χ1v) is 6.16. The Balaban J connectivity index is 3.05. The molecule has 92 valence electrons. The van der Waals surface area contributed by atoms with E-state index in [9.17, 15) is 0 Å². The minimum absolute atomic E-state index is 0.0425. The van der Waals surface area contributed by atoms with Crippen molar-refractivity contribution in [2.45, 2.75) is 45.6 Å². The summed E-state index contributed by atoms with van der Waals surface area (Å²) in [5, 5.41) is 8.31. The van der Waals surface area contributed by atoms with Crippen LogP contribution in [-0.4, -0.2) is 23.4 Å². The van der Waals surface area contributed by atoms with Gasteiger partial charge in [0.2, 0.25) is 0 Å². The molecule has 0 aliphatic rings. The Labute approximate surface area is 103 Å². The van der Waals surface area contributed by atoms with E-state index < -0.39 is 0 Å². The maximum absolute atomic E-state index is 6.25. The highest BCUT2D eigenvalue weighted by molar-refractivity contribution is 6.31. The highest BCUT2D eigenvalue weighted by atomic mass is 35.5. The summed E-state index contributed by atoms with van der Waals surface area (Å²) < 4.78 is 2.03. The molecule has 16 heavy (non-hydrogen) atoms. The second kappa shape index (κ2) is 5.19. The molecule has 0 radical (unpaired) electrons. The summed E-state index contributed by atoms with van der Waals surface area (Å²) >= 11 is 6.25. The Kier molecular flexibility index (Phi) is 4.39. The van der Waals surface area contributed by atoms with E-state index in [-0.39, 0.29) is 5.41 Å². The molecule has 1 aromatic rings. The molecule has 3 nitrogen and oxygen atoms in total. The standard InChI is InChI=1S/C12H22ClN3/c1-9(2)16-11(10(13)8-15-16)12(3,4)6-7-14-5/h8-9,14H,6-7H2,1-5H3. The van der Waals surface area contributed by atoms with Gasteiger partial charge in [0.25, 0.3) is 0 Å². The van der Waals surface area contributed by atoms with E-state index in [1.54, 1.807) is 6.20 Å². The Morgan fingerprint density at radius 3 is 2.62 bits per heavy atom. The minimum Gasteiger partial charge on any atom is -0.320 e. The molecule has 0 aliphatic heterocycles. The van der Waals surface area contributed by atoms with Gasteiger partial charge in [-0.15, -0.1) is 0 Å². The van der Waals surface area contributed by atoms with E-state index in [4.69, 9.17) is 11.6 Å². The largest absolute Gasteiger partial charge is 0.320 e. The van der Waals surface area contributed by atoms with E-state index in [2.05, 4.69) is 38.1 Å². The number of aromatic nitrogens is 2. The summed E-state index contributed by atoms with van der Waals surface area (Å²) in [6.45, 7) is 9.66. The van der Waals surface area contributed by atoms with Crippen molar-refractivity contribution in [2.75, 3.05) is 13.6 Å². The van der Waals surface area contributed by atoms with Crippen molar-refractivity contribution in [2.24, 2.45) is 0 Å². The molecule has 1 N–H and O–H groups in total. The van der Waals surface area contributed by atoms with Gasteiger partial charge >= 0.3 is 0 Å². The van der Waals surface area contributed by atoms with Crippen molar-refractivity contribution >= 4 is 11.6 Å². The summed E-state index contributed by atoms with van der Waals surface area (Å²) in [5.41, 5.74) is 1.18. The van der Waals surface area contributed by atoms with Crippen molar-refractivity contribution in [3.05, 3.63) is 16.9 Å². The first-order chi connectivity index (χ1) is 7.40. The topological polar surface area (TPSA) is 29.9 Å². The van der Waals surface area contributed by atoms with Gasteiger partial charge in [-0.3, -0.25) is 4.68 Å². The average Bonchev–Trinajstić information content (AvgIpc) is 2.58. The number of nitrogens with zero attached hydrogens (tertiary/aromatic N) is 2. The lowest BCUT2D eigenvalue weighted by atomic mass is 9.85. The first-order valence-electron chi connectivity index (χ1n) is 5.78. The predicted molar refractivity (Wildman–Crippen MR) is 69.2 cm³/mol. The Morgan fingerprint density at radius 1 is 1.50 bits per heavy atom. The van der Waals surface area contributed by atoms with E-state index >= 15 is 0 Å². The fourth-order valence-electron chi connectivity index (χ4n) is 1.92. The zero-order chi connectivity index (χ0) is 12.3. The molecule has 1 rings (SSSR count). The maximum atomic E-state index is 6.25. The molecular weight excluding hydrogens is 222 g/mol. The summed E-state index contributed by atoms with van der Waals surface area (Å²) in [5.74, 6) is 0. The van der Waals surface area contributed by atoms with Crippen LogP contribution in [0.15, 0.2) is 6.20 Å². The maximum Gasteiger partial charge on any atom is 0.0823 e. The lowest BCUT2D eigenvalue weighted by Crippen LogP contribution is -2.27. The average molecular weight is 244 g/mol. The van der Waals surface area contributed by atoms with Crippen molar-refractivity contribution < 1.29 is 0 Å². The molecule has 1 aromatic heterocycles. The zero-order valence-electron chi connectivity index (χ0n) is 10.8. The molecule has 0 spiro atoms. The molecule has 0 atom stereocenters. The third kappa shape index (κ3) is 2.77. The van der Waals surface area contributed by atoms with Crippen LogP contribution in [0, 0.1) is 0 Å². The number of hydrogen-bond donors (Lipinski definition) is 1. The Morgan fingerprint density at radius 2 is 2.12 bits per heavy atom. The molecule has 0 saturated carbocycles. The molecule has 0 fully saturated rings. The van der Waals surface area contributed by atoms with Crippen LogP contribution >= 0.6 is 11.6 Å². The third-order valence-corrected chi connectivity index (χ3v) is 3.16. The summed E-state index contributed by atoms with van der Waals surface area (Å²) in [7, 11) is 1.97. The Bertz CT molecular complexity index is 342. The van der Waals surface area contributed by atoms with E-state index in [1.165, 1.54) is 0 Å². The Hall–Kier alpha value is -0.540. The lowest BCUT2D eigenvalue weighted by Gasteiger charge is -2.27. The highest BCUT2D eigenvalue weighted by Gasteiger charge is 2.28. The molecule has 1 heterocycles. The normalized spacial score (nSPS) is 12.4. The van der Waals surface area contributed by atoms with Crippen molar-refractivity contribution in [3.8, 4) is 0 Å². The second-order valence-corrected chi connectivity index (χ2v) is 5.52. The molecular formula is C12H22ClN3. The van der Waals surface area contributed by atoms with Crippen LogP contribution in [0.4, 0.5) is 0 Å². The van der Waals surface area contributed by atoms with Gasteiger partial charge in [0.1, 0.15) is 0 Å². The lowest BCUT2D eigenvalue weighted by molar-refractivity contribution is 0.398. The van der Waals surface area contributed by atoms with E-state index in [1.807, 2.05) is 11.7 Å². The van der Waals surface area contributed by atoms with Gasteiger partial charge in [-0.1, -0.05) is 25.4 Å². The van der Waals surface area contributed by atoms with E-state index in [0.29, 0.717) is 6.04 Å². The van der Waals surface area contributed by atoms with Gasteiger partial charge in [-0.2, -0.15) is 5.10 Å². The number of halogens is 1. The molecule has 0 bridgehead atoms. The molecule has 4 heteroatoms. The van der Waals surface area contributed by atoms with Gasteiger partial charge in [0, 0.05) is 11.5 Å². The van der Waals surface area contributed by atoms with Crippen molar-refractivity contribution in [3.63, 3.8) is 0 Å². The fourth-order valence-corrected chi connectivity index (χ4v) is 2.31. The van der Waals surface area contributed by atoms with Crippen LogP contribution in [-0.2, 0) is 5.41 Å². The van der Waals surface area contributed by atoms with E-state index in [0.717, 1.165) is 23.7 Å². The van der Waals surface area contributed by atoms with Crippen LogP contribution in [0.2, 0.25) is 5.02 Å². The van der Waals surface area contributed by atoms with Crippen LogP contribution in [0.25, 0.3) is 0 Å².